The van der Waals surface area contributed by atoms with Gasteiger partial charge in [-0.15, -0.1) is 11.3 Å². The van der Waals surface area contributed by atoms with Crippen LogP contribution in [-0.2, 0) is 4.79 Å². The minimum atomic E-state index is -0.0754. The van der Waals surface area contributed by atoms with Gasteiger partial charge in [-0.2, -0.15) is 0 Å². The first-order valence-electron chi connectivity index (χ1n) is 6.11. The van der Waals surface area contributed by atoms with E-state index in [1.165, 1.54) is 5.56 Å². The molecule has 3 heteroatoms. The van der Waals surface area contributed by atoms with E-state index in [1.807, 2.05) is 55.6 Å². The second-order valence-corrected chi connectivity index (χ2v) is 5.26. The fourth-order valence-corrected chi connectivity index (χ4v) is 2.76. The van der Waals surface area contributed by atoms with Crippen LogP contribution in [0.15, 0.2) is 41.8 Å². The summed E-state index contributed by atoms with van der Waals surface area (Å²) in [6, 6.07) is 11.9. The molecule has 0 saturated heterocycles. The van der Waals surface area contributed by atoms with Crippen LogP contribution >= 0.6 is 11.3 Å². The third-order valence-electron chi connectivity index (χ3n) is 2.90. The van der Waals surface area contributed by atoms with Crippen molar-refractivity contribution in [1.82, 2.24) is 0 Å². The van der Waals surface area contributed by atoms with E-state index in [1.54, 1.807) is 11.3 Å². The van der Waals surface area contributed by atoms with Gasteiger partial charge >= 0.3 is 0 Å². The van der Waals surface area contributed by atoms with E-state index >= 15 is 0 Å². The first-order chi connectivity index (χ1) is 8.70. The highest BCUT2D eigenvalue weighted by molar-refractivity contribution is 7.14. The maximum atomic E-state index is 12.2. The van der Waals surface area contributed by atoms with Crippen molar-refractivity contribution in [3.63, 3.8) is 0 Å². The molecule has 0 bridgehead atoms. The fourth-order valence-electron chi connectivity index (χ4n) is 1.96. The molecule has 18 heavy (non-hydrogen) atoms. The number of hydrogen-bond donors (Lipinski definition) is 1. The summed E-state index contributed by atoms with van der Waals surface area (Å²) in [5.74, 6) is -0.000781. The molecule has 0 aliphatic rings. The van der Waals surface area contributed by atoms with E-state index in [0.29, 0.717) is 0 Å². The van der Waals surface area contributed by atoms with E-state index in [2.05, 4.69) is 5.32 Å². The van der Waals surface area contributed by atoms with Crippen molar-refractivity contribution in [3.05, 3.63) is 52.9 Å². The normalized spacial score (nSPS) is 12.1. The third kappa shape index (κ3) is 2.99. The Hall–Kier alpha value is -1.61. The van der Waals surface area contributed by atoms with E-state index in [4.69, 9.17) is 0 Å². The predicted octanol–water partition coefficient (Wildman–Crippen LogP) is 4.19. The number of thiophene rings is 1. The van der Waals surface area contributed by atoms with Crippen LogP contribution in [0, 0.1) is 6.92 Å². The SMILES string of the molecule is CCC(C(=O)Nc1cc(C)cs1)c1ccccc1. The average molecular weight is 259 g/mol. The van der Waals surface area contributed by atoms with Crippen LogP contribution < -0.4 is 5.32 Å². The molecule has 1 aromatic heterocycles. The quantitative estimate of drug-likeness (QED) is 0.876. The highest BCUT2D eigenvalue weighted by atomic mass is 32.1. The molecule has 1 heterocycles. The molecule has 2 aromatic rings. The lowest BCUT2D eigenvalue weighted by Gasteiger charge is -2.14. The molecule has 1 N–H and O–H groups in total. The van der Waals surface area contributed by atoms with Crippen LogP contribution in [0.3, 0.4) is 0 Å². The summed E-state index contributed by atoms with van der Waals surface area (Å²) >= 11 is 1.57. The van der Waals surface area contributed by atoms with Crippen molar-refractivity contribution in [2.45, 2.75) is 26.2 Å². The number of rotatable bonds is 4. The highest BCUT2D eigenvalue weighted by Crippen LogP contribution is 2.24. The van der Waals surface area contributed by atoms with Crippen molar-refractivity contribution < 1.29 is 4.79 Å². The van der Waals surface area contributed by atoms with Gasteiger partial charge in [-0.25, -0.2) is 0 Å². The molecule has 0 spiro atoms. The lowest BCUT2D eigenvalue weighted by molar-refractivity contribution is -0.117. The van der Waals surface area contributed by atoms with Crippen LogP contribution in [0.1, 0.15) is 30.4 Å². The van der Waals surface area contributed by atoms with Crippen molar-refractivity contribution in [1.29, 1.82) is 0 Å². The van der Waals surface area contributed by atoms with E-state index < -0.39 is 0 Å². The zero-order chi connectivity index (χ0) is 13.0. The molecule has 0 fully saturated rings. The summed E-state index contributed by atoms with van der Waals surface area (Å²) in [5.41, 5.74) is 2.26. The Morgan fingerprint density at radius 1 is 1.33 bits per heavy atom. The summed E-state index contributed by atoms with van der Waals surface area (Å²) in [6.45, 7) is 4.07. The van der Waals surface area contributed by atoms with Gasteiger partial charge in [0, 0.05) is 0 Å². The average Bonchev–Trinajstić information content (AvgIpc) is 2.77. The first-order valence-corrected chi connectivity index (χ1v) is 6.99. The Bertz CT molecular complexity index is 518. The summed E-state index contributed by atoms with van der Waals surface area (Å²) in [7, 11) is 0. The number of aryl methyl sites for hydroxylation is 1. The molecular formula is C15H17NOS. The molecule has 0 aliphatic heterocycles. The van der Waals surface area contributed by atoms with Gasteiger partial charge in [-0.05, 0) is 35.9 Å². The maximum absolute atomic E-state index is 12.2. The van der Waals surface area contributed by atoms with E-state index in [9.17, 15) is 4.79 Å². The summed E-state index contributed by atoms with van der Waals surface area (Å²) < 4.78 is 0. The predicted molar refractivity (Wildman–Crippen MR) is 77.2 cm³/mol. The first kappa shape index (κ1) is 12.8. The van der Waals surface area contributed by atoms with Crippen LogP contribution in [0.4, 0.5) is 5.00 Å². The number of anilines is 1. The molecule has 0 saturated carbocycles. The van der Waals surface area contributed by atoms with Gasteiger partial charge in [0.1, 0.15) is 0 Å². The van der Waals surface area contributed by atoms with E-state index in [-0.39, 0.29) is 11.8 Å². The molecule has 1 amide bonds. The van der Waals surface area contributed by atoms with Gasteiger partial charge in [0.25, 0.3) is 0 Å². The number of amides is 1. The van der Waals surface area contributed by atoms with Crippen LogP contribution in [0.25, 0.3) is 0 Å². The standard InChI is InChI=1S/C15H17NOS/c1-3-13(12-7-5-4-6-8-12)15(17)16-14-9-11(2)10-18-14/h4-10,13H,3H2,1-2H3,(H,16,17). The van der Waals surface area contributed by atoms with Gasteiger partial charge in [0.15, 0.2) is 0 Å². The molecule has 1 aromatic carbocycles. The Kier molecular flexibility index (Phi) is 4.15. The fraction of sp³-hybridized carbons (Fsp3) is 0.267. The zero-order valence-corrected chi connectivity index (χ0v) is 11.5. The second-order valence-electron chi connectivity index (χ2n) is 4.35. The minimum Gasteiger partial charge on any atom is -0.317 e. The van der Waals surface area contributed by atoms with Crippen LogP contribution in [0.5, 0.6) is 0 Å². The van der Waals surface area contributed by atoms with Crippen molar-refractivity contribution in [3.8, 4) is 0 Å². The number of carbonyl (C=O) groups excluding carboxylic acids is 1. The Labute approximate surface area is 112 Å². The van der Waals surface area contributed by atoms with Crippen LogP contribution in [-0.4, -0.2) is 5.91 Å². The Morgan fingerprint density at radius 2 is 2.06 bits per heavy atom. The van der Waals surface area contributed by atoms with Crippen LogP contribution in [0.2, 0.25) is 0 Å². The molecular weight excluding hydrogens is 242 g/mol. The molecule has 1 unspecified atom stereocenters. The molecule has 2 nitrogen and oxygen atoms in total. The van der Waals surface area contributed by atoms with Gasteiger partial charge in [0.05, 0.1) is 10.9 Å². The maximum Gasteiger partial charge on any atom is 0.232 e. The second kappa shape index (κ2) is 5.83. The lowest BCUT2D eigenvalue weighted by atomic mass is 9.96. The van der Waals surface area contributed by atoms with Crippen molar-refractivity contribution in [2.24, 2.45) is 0 Å². The number of carbonyl (C=O) groups is 1. The highest BCUT2D eigenvalue weighted by Gasteiger charge is 2.18. The third-order valence-corrected chi connectivity index (χ3v) is 3.87. The molecule has 2 rings (SSSR count). The molecule has 1 atom stereocenters. The monoisotopic (exact) mass is 259 g/mol. The smallest absolute Gasteiger partial charge is 0.232 e. The number of hydrogen-bond acceptors (Lipinski definition) is 2. The summed E-state index contributed by atoms with van der Waals surface area (Å²) in [5, 5.41) is 5.96. The Morgan fingerprint density at radius 3 is 2.61 bits per heavy atom. The van der Waals surface area contributed by atoms with Gasteiger partial charge in [0.2, 0.25) is 5.91 Å². The van der Waals surface area contributed by atoms with Gasteiger partial charge < -0.3 is 5.32 Å². The lowest BCUT2D eigenvalue weighted by Crippen LogP contribution is -2.20. The van der Waals surface area contributed by atoms with Gasteiger partial charge in [-0.1, -0.05) is 37.3 Å². The van der Waals surface area contributed by atoms with Crippen molar-refractivity contribution >= 4 is 22.2 Å². The molecule has 94 valence electrons. The van der Waals surface area contributed by atoms with Gasteiger partial charge in [-0.3, -0.25) is 4.79 Å². The Balaban J connectivity index is 2.11. The number of nitrogens with one attached hydrogen (secondary N) is 1. The zero-order valence-electron chi connectivity index (χ0n) is 10.6. The molecule has 0 radical (unpaired) electrons. The van der Waals surface area contributed by atoms with E-state index in [0.717, 1.165) is 17.0 Å². The topological polar surface area (TPSA) is 29.1 Å². The summed E-state index contributed by atoms with van der Waals surface area (Å²) in [6.07, 6.45) is 0.806. The van der Waals surface area contributed by atoms with Crippen molar-refractivity contribution in [2.75, 3.05) is 5.32 Å². The summed E-state index contributed by atoms with van der Waals surface area (Å²) in [4.78, 5) is 12.2. The number of benzene rings is 1. The minimum absolute atomic E-state index is 0.0746. The largest absolute Gasteiger partial charge is 0.317 e. The molecule has 0 aliphatic carbocycles.